The summed E-state index contributed by atoms with van der Waals surface area (Å²) in [6.45, 7) is 1.21. The molecule has 2 N–H and O–H groups in total. The van der Waals surface area contributed by atoms with Gasteiger partial charge in [-0.15, -0.1) is 0 Å². The normalized spacial score (nSPS) is 24.7. The molecule has 1 fully saturated rings. The van der Waals surface area contributed by atoms with Crippen LogP contribution in [0.5, 0.6) is 0 Å². The van der Waals surface area contributed by atoms with Crippen molar-refractivity contribution in [3.63, 3.8) is 0 Å². The summed E-state index contributed by atoms with van der Waals surface area (Å²) in [5.74, 6) is -1.37. The van der Waals surface area contributed by atoms with Gasteiger partial charge in [0.05, 0.1) is 19.1 Å². The molecule has 16 heavy (non-hydrogen) atoms. The highest BCUT2D eigenvalue weighted by molar-refractivity contribution is 5.75. The van der Waals surface area contributed by atoms with Crippen molar-refractivity contribution >= 4 is 11.9 Å². The highest BCUT2D eigenvalue weighted by Crippen LogP contribution is 2.18. The van der Waals surface area contributed by atoms with Crippen LogP contribution < -0.4 is 5.32 Å². The molecule has 0 aromatic carbocycles. The van der Waals surface area contributed by atoms with E-state index in [-0.39, 0.29) is 18.6 Å². The Labute approximate surface area is 94.6 Å². The second-order valence-electron chi connectivity index (χ2n) is 3.95. The molecule has 0 bridgehead atoms. The molecule has 6 nitrogen and oxygen atoms in total. The van der Waals surface area contributed by atoms with Crippen LogP contribution in [0.25, 0.3) is 0 Å². The summed E-state index contributed by atoms with van der Waals surface area (Å²) in [5.41, 5.74) is 0. The molecule has 6 heteroatoms. The fraction of sp³-hybridized carbons (Fsp3) is 0.800. The van der Waals surface area contributed by atoms with E-state index in [1.54, 1.807) is 7.05 Å². The Morgan fingerprint density at radius 1 is 1.50 bits per heavy atom. The lowest BCUT2D eigenvalue weighted by atomic mass is 10.0. The summed E-state index contributed by atoms with van der Waals surface area (Å²) in [6, 6.07) is -0.137. The minimum atomic E-state index is -0.839. The van der Waals surface area contributed by atoms with Crippen molar-refractivity contribution in [2.45, 2.75) is 12.5 Å². The molecule has 1 aliphatic heterocycles. The number of rotatable bonds is 5. The van der Waals surface area contributed by atoms with Gasteiger partial charge in [0, 0.05) is 26.1 Å². The van der Waals surface area contributed by atoms with E-state index in [1.165, 1.54) is 0 Å². The van der Waals surface area contributed by atoms with E-state index in [0.717, 1.165) is 0 Å². The Morgan fingerprint density at radius 3 is 2.75 bits per heavy atom. The van der Waals surface area contributed by atoms with Crippen molar-refractivity contribution in [2.75, 3.05) is 33.9 Å². The third kappa shape index (κ3) is 3.18. The number of likely N-dealkylation sites (N-methyl/N-ethyl adjacent to an activating group) is 1. The van der Waals surface area contributed by atoms with Crippen LogP contribution in [0.4, 0.5) is 0 Å². The van der Waals surface area contributed by atoms with Gasteiger partial charge in [-0.1, -0.05) is 0 Å². The first-order chi connectivity index (χ1) is 7.56. The van der Waals surface area contributed by atoms with Crippen molar-refractivity contribution in [3.05, 3.63) is 0 Å². The van der Waals surface area contributed by atoms with Gasteiger partial charge in [-0.25, -0.2) is 0 Å². The second-order valence-corrected chi connectivity index (χ2v) is 3.95. The van der Waals surface area contributed by atoms with E-state index in [4.69, 9.17) is 9.84 Å². The van der Waals surface area contributed by atoms with Crippen LogP contribution in [0.2, 0.25) is 0 Å². The maximum atomic E-state index is 11.1. The number of nitrogens with one attached hydrogen (secondary N) is 1. The fourth-order valence-corrected chi connectivity index (χ4v) is 1.78. The molecule has 0 aromatic rings. The summed E-state index contributed by atoms with van der Waals surface area (Å²) in [6.07, 6.45) is 0.371. The van der Waals surface area contributed by atoms with E-state index in [0.29, 0.717) is 19.6 Å². The Morgan fingerprint density at radius 2 is 2.19 bits per heavy atom. The Bertz CT molecular complexity index is 270. The Hall–Kier alpha value is -1.14. The van der Waals surface area contributed by atoms with Gasteiger partial charge in [-0.2, -0.15) is 0 Å². The number of carboxylic acid groups (broad SMARTS) is 1. The number of carboxylic acids is 1. The van der Waals surface area contributed by atoms with Gasteiger partial charge in [-0.3, -0.25) is 14.5 Å². The topological polar surface area (TPSA) is 78.9 Å². The molecule has 92 valence electrons. The van der Waals surface area contributed by atoms with Crippen molar-refractivity contribution < 1.29 is 19.4 Å². The number of nitrogens with zero attached hydrogens (tertiary/aromatic N) is 1. The molecule has 1 saturated heterocycles. The SMILES string of the molecule is CNC(=O)CCN(C)C1COCC1C(=O)O. The lowest BCUT2D eigenvalue weighted by molar-refractivity contribution is -0.143. The van der Waals surface area contributed by atoms with Gasteiger partial charge in [0.1, 0.15) is 0 Å². The number of hydrogen-bond acceptors (Lipinski definition) is 4. The molecule has 0 saturated carbocycles. The molecule has 0 radical (unpaired) electrons. The predicted octanol–water partition coefficient (Wildman–Crippen LogP) is -0.846. The van der Waals surface area contributed by atoms with E-state index < -0.39 is 11.9 Å². The quantitative estimate of drug-likeness (QED) is 0.643. The van der Waals surface area contributed by atoms with Gasteiger partial charge >= 0.3 is 5.97 Å². The van der Waals surface area contributed by atoms with Crippen molar-refractivity contribution in [2.24, 2.45) is 5.92 Å². The fourth-order valence-electron chi connectivity index (χ4n) is 1.78. The van der Waals surface area contributed by atoms with E-state index in [2.05, 4.69) is 5.32 Å². The average molecular weight is 230 g/mol. The van der Waals surface area contributed by atoms with Crippen LogP contribution in [-0.4, -0.2) is 61.8 Å². The van der Waals surface area contributed by atoms with Crippen molar-refractivity contribution in [3.8, 4) is 0 Å². The molecule has 2 atom stereocenters. The lowest BCUT2D eigenvalue weighted by Gasteiger charge is -2.25. The number of amides is 1. The number of hydrogen-bond donors (Lipinski definition) is 2. The van der Waals surface area contributed by atoms with E-state index >= 15 is 0 Å². The van der Waals surface area contributed by atoms with Crippen LogP contribution in [0.1, 0.15) is 6.42 Å². The summed E-state index contributed by atoms with van der Waals surface area (Å²) in [4.78, 5) is 23.9. The monoisotopic (exact) mass is 230 g/mol. The van der Waals surface area contributed by atoms with Crippen molar-refractivity contribution in [1.29, 1.82) is 0 Å². The van der Waals surface area contributed by atoms with Gasteiger partial charge in [0.25, 0.3) is 0 Å². The largest absolute Gasteiger partial charge is 0.481 e. The lowest BCUT2D eigenvalue weighted by Crippen LogP contribution is -2.42. The summed E-state index contributed by atoms with van der Waals surface area (Å²) < 4.78 is 5.16. The molecule has 1 rings (SSSR count). The maximum absolute atomic E-state index is 11.1. The van der Waals surface area contributed by atoms with Crippen LogP contribution in [0.3, 0.4) is 0 Å². The van der Waals surface area contributed by atoms with Gasteiger partial charge in [0.2, 0.25) is 5.91 Å². The minimum Gasteiger partial charge on any atom is -0.481 e. The van der Waals surface area contributed by atoms with E-state index in [1.807, 2.05) is 11.9 Å². The average Bonchev–Trinajstić information content (AvgIpc) is 2.74. The number of carbonyl (C=O) groups excluding carboxylic acids is 1. The zero-order valence-electron chi connectivity index (χ0n) is 9.60. The second kappa shape index (κ2) is 5.81. The smallest absolute Gasteiger partial charge is 0.310 e. The zero-order valence-corrected chi connectivity index (χ0v) is 9.60. The van der Waals surface area contributed by atoms with Crippen LogP contribution in [-0.2, 0) is 14.3 Å². The molecule has 2 unspecified atom stereocenters. The first kappa shape index (κ1) is 12.9. The van der Waals surface area contributed by atoms with E-state index in [9.17, 15) is 9.59 Å². The van der Waals surface area contributed by atoms with Crippen LogP contribution in [0, 0.1) is 5.92 Å². The van der Waals surface area contributed by atoms with Gasteiger partial charge < -0.3 is 15.2 Å². The summed E-state index contributed by atoms with van der Waals surface area (Å²) in [5, 5.41) is 11.5. The van der Waals surface area contributed by atoms with Gasteiger partial charge in [0.15, 0.2) is 0 Å². The first-order valence-electron chi connectivity index (χ1n) is 5.27. The molecule has 0 aliphatic carbocycles. The third-order valence-electron chi connectivity index (χ3n) is 2.90. The standard InChI is InChI=1S/C10H18N2O4/c1-11-9(13)3-4-12(2)8-6-16-5-7(8)10(14)15/h7-8H,3-6H2,1-2H3,(H,11,13)(H,14,15). The molecule has 1 heterocycles. The molecular formula is C10H18N2O4. The zero-order chi connectivity index (χ0) is 12.1. The number of ether oxygens (including phenoxy) is 1. The maximum Gasteiger partial charge on any atom is 0.310 e. The Balaban J connectivity index is 2.43. The third-order valence-corrected chi connectivity index (χ3v) is 2.90. The van der Waals surface area contributed by atoms with Crippen LogP contribution in [0.15, 0.2) is 0 Å². The highest BCUT2D eigenvalue weighted by atomic mass is 16.5. The molecule has 0 spiro atoms. The molecule has 1 aliphatic rings. The first-order valence-corrected chi connectivity index (χ1v) is 5.27. The number of carbonyl (C=O) groups is 2. The molecule has 1 amide bonds. The summed E-state index contributed by atoms with van der Waals surface area (Å²) in [7, 11) is 3.40. The molecule has 0 aromatic heterocycles. The van der Waals surface area contributed by atoms with Gasteiger partial charge in [-0.05, 0) is 7.05 Å². The van der Waals surface area contributed by atoms with Crippen LogP contribution >= 0.6 is 0 Å². The summed E-state index contributed by atoms with van der Waals surface area (Å²) >= 11 is 0. The Kier molecular flexibility index (Phi) is 4.70. The highest BCUT2D eigenvalue weighted by Gasteiger charge is 2.36. The van der Waals surface area contributed by atoms with Crippen molar-refractivity contribution in [1.82, 2.24) is 10.2 Å². The molecular weight excluding hydrogens is 212 g/mol. The minimum absolute atomic E-state index is 0.0439. The number of aliphatic carboxylic acids is 1. The predicted molar refractivity (Wildman–Crippen MR) is 57.0 cm³/mol.